The van der Waals surface area contributed by atoms with Gasteiger partial charge in [-0.3, -0.25) is 0 Å². The molecule has 0 spiro atoms. The summed E-state index contributed by atoms with van der Waals surface area (Å²) in [7, 11) is -1.83. The van der Waals surface area contributed by atoms with Crippen molar-refractivity contribution in [3.8, 4) is 0 Å². The van der Waals surface area contributed by atoms with Crippen LogP contribution in [0.3, 0.4) is 0 Å². The van der Waals surface area contributed by atoms with Gasteiger partial charge in [0.1, 0.15) is 0 Å². The van der Waals surface area contributed by atoms with Crippen molar-refractivity contribution in [3.63, 3.8) is 0 Å². The molecule has 76 valence electrons. The second-order valence-electron chi connectivity index (χ2n) is 4.55. The standard InChI is InChI=1S/C10H21NOSi/c1-8(2)13(9(3)4,10(5)6)11-7-12/h8-10H,1-6H3. The van der Waals surface area contributed by atoms with Gasteiger partial charge in [0.2, 0.25) is 14.3 Å². The number of isocyanates is 1. The summed E-state index contributed by atoms with van der Waals surface area (Å²) in [5.41, 5.74) is 1.52. The number of hydrogen-bond acceptors (Lipinski definition) is 2. The van der Waals surface area contributed by atoms with Gasteiger partial charge in [-0.2, -0.15) is 0 Å². The second-order valence-corrected chi connectivity index (χ2v) is 10.0. The maximum Gasteiger partial charge on any atom is 0.224 e. The largest absolute Gasteiger partial charge is 0.247 e. The van der Waals surface area contributed by atoms with Gasteiger partial charge in [0, 0.05) is 0 Å². The van der Waals surface area contributed by atoms with Crippen LogP contribution in [0.1, 0.15) is 41.5 Å². The highest BCUT2D eigenvalue weighted by Crippen LogP contribution is 2.41. The summed E-state index contributed by atoms with van der Waals surface area (Å²) in [5, 5.41) is 0. The Labute approximate surface area is 82.5 Å². The van der Waals surface area contributed by atoms with E-state index in [2.05, 4.69) is 46.2 Å². The molecule has 0 radical (unpaired) electrons. The summed E-state index contributed by atoms with van der Waals surface area (Å²) in [6.07, 6.45) is 1.79. The average molecular weight is 199 g/mol. The van der Waals surface area contributed by atoms with Crippen LogP contribution in [0.4, 0.5) is 0 Å². The molecule has 0 unspecified atom stereocenters. The van der Waals surface area contributed by atoms with Crippen molar-refractivity contribution in [1.29, 1.82) is 0 Å². The smallest absolute Gasteiger partial charge is 0.224 e. The van der Waals surface area contributed by atoms with Crippen LogP contribution in [0.5, 0.6) is 0 Å². The summed E-state index contributed by atoms with van der Waals surface area (Å²) in [6.45, 7) is 13.0. The van der Waals surface area contributed by atoms with Gasteiger partial charge in [-0.25, -0.2) is 9.45 Å². The molecule has 0 aromatic carbocycles. The molecule has 13 heavy (non-hydrogen) atoms. The van der Waals surface area contributed by atoms with Crippen LogP contribution in [0.2, 0.25) is 16.6 Å². The fourth-order valence-corrected chi connectivity index (χ4v) is 7.40. The summed E-state index contributed by atoms with van der Waals surface area (Å²) >= 11 is 0. The Balaban J connectivity index is 5.17. The Morgan fingerprint density at radius 2 is 1.23 bits per heavy atom. The fourth-order valence-electron chi connectivity index (χ4n) is 2.47. The van der Waals surface area contributed by atoms with E-state index in [0.29, 0.717) is 16.6 Å². The zero-order valence-electron chi connectivity index (χ0n) is 9.59. The first kappa shape index (κ1) is 12.6. The Kier molecular flexibility index (Phi) is 4.58. The Hall–Kier alpha value is -0.403. The molecule has 0 atom stereocenters. The number of hydrogen-bond donors (Lipinski definition) is 0. The molecule has 0 aliphatic heterocycles. The maximum absolute atomic E-state index is 10.5. The zero-order valence-corrected chi connectivity index (χ0v) is 10.6. The van der Waals surface area contributed by atoms with Gasteiger partial charge in [0.15, 0.2) is 0 Å². The van der Waals surface area contributed by atoms with Crippen molar-refractivity contribution in [2.24, 2.45) is 4.66 Å². The van der Waals surface area contributed by atoms with Gasteiger partial charge in [-0.15, -0.1) is 0 Å². The molecule has 0 saturated heterocycles. The third kappa shape index (κ3) is 2.29. The van der Waals surface area contributed by atoms with Crippen LogP contribution >= 0.6 is 0 Å². The van der Waals surface area contributed by atoms with Gasteiger partial charge >= 0.3 is 0 Å². The lowest BCUT2D eigenvalue weighted by Gasteiger charge is -2.36. The Bertz CT molecular complexity index is 183. The second kappa shape index (κ2) is 4.73. The maximum atomic E-state index is 10.5. The van der Waals surface area contributed by atoms with Crippen LogP contribution in [0, 0.1) is 0 Å². The number of carbonyl (C=O) groups excluding carboxylic acids is 1. The molecular formula is C10H21NOSi. The third-order valence-corrected chi connectivity index (χ3v) is 9.04. The van der Waals surface area contributed by atoms with Gasteiger partial charge in [-0.1, -0.05) is 41.5 Å². The zero-order chi connectivity index (χ0) is 10.6. The summed E-state index contributed by atoms with van der Waals surface area (Å²) in [5.74, 6) is 0. The van der Waals surface area contributed by atoms with Crippen LogP contribution in [-0.4, -0.2) is 14.3 Å². The van der Waals surface area contributed by atoms with Crippen molar-refractivity contribution in [2.75, 3.05) is 0 Å². The molecule has 0 N–H and O–H groups in total. The molecule has 0 aliphatic rings. The summed E-state index contributed by atoms with van der Waals surface area (Å²) < 4.78 is 4.19. The minimum atomic E-state index is -1.83. The van der Waals surface area contributed by atoms with Crippen molar-refractivity contribution in [2.45, 2.75) is 58.2 Å². The van der Waals surface area contributed by atoms with E-state index in [1.54, 1.807) is 6.08 Å². The van der Waals surface area contributed by atoms with Crippen molar-refractivity contribution in [3.05, 3.63) is 0 Å². The summed E-state index contributed by atoms with van der Waals surface area (Å²) in [6, 6.07) is 0. The van der Waals surface area contributed by atoms with Crippen LogP contribution in [-0.2, 0) is 4.79 Å². The van der Waals surface area contributed by atoms with Crippen LogP contribution < -0.4 is 0 Å². The van der Waals surface area contributed by atoms with E-state index in [-0.39, 0.29) is 0 Å². The predicted octanol–water partition coefficient (Wildman–Crippen LogP) is 3.50. The number of rotatable bonds is 4. The quantitative estimate of drug-likeness (QED) is 0.387. The predicted molar refractivity (Wildman–Crippen MR) is 59.2 cm³/mol. The molecule has 2 nitrogen and oxygen atoms in total. The van der Waals surface area contributed by atoms with Gasteiger partial charge in [-0.05, 0) is 16.6 Å². The fraction of sp³-hybridized carbons (Fsp3) is 0.900. The molecule has 3 heteroatoms. The van der Waals surface area contributed by atoms with E-state index >= 15 is 0 Å². The number of nitrogens with zero attached hydrogens (tertiary/aromatic N) is 1. The molecular weight excluding hydrogens is 178 g/mol. The van der Waals surface area contributed by atoms with E-state index in [0.717, 1.165) is 0 Å². The minimum absolute atomic E-state index is 0.508. The van der Waals surface area contributed by atoms with E-state index in [1.165, 1.54) is 0 Å². The van der Waals surface area contributed by atoms with Crippen molar-refractivity contribution >= 4 is 14.3 Å². The molecule has 0 amide bonds. The minimum Gasteiger partial charge on any atom is -0.247 e. The lowest BCUT2D eigenvalue weighted by molar-refractivity contribution is 0.565. The molecule has 0 aromatic heterocycles. The van der Waals surface area contributed by atoms with E-state index < -0.39 is 8.24 Å². The topological polar surface area (TPSA) is 29.4 Å². The molecule has 0 heterocycles. The van der Waals surface area contributed by atoms with Crippen LogP contribution in [0.15, 0.2) is 4.66 Å². The van der Waals surface area contributed by atoms with Crippen molar-refractivity contribution < 1.29 is 4.79 Å². The lowest BCUT2D eigenvalue weighted by Crippen LogP contribution is -2.42. The first-order valence-corrected chi connectivity index (χ1v) is 7.16. The highest BCUT2D eigenvalue weighted by molar-refractivity contribution is 6.82. The molecule has 0 aliphatic carbocycles. The van der Waals surface area contributed by atoms with Gasteiger partial charge in [0.05, 0.1) is 0 Å². The van der Waals surface area contributed by atoms with E-state index in [9.17, 15) is 4.79 Å². The van der Waals surface area contributed by atoms with E-state index in [1.807, 2.05) is 0 Å². The molecule has 0 rings (SSSR count). The van der Waals surface area contributed by atoms with E-state index in [4.69, 9.17) is 0 Å². The molecule has 0 saturated carbocycles. The average Bonchev–Trinajstić information content (AvgIpc) is 1.97. The van der Waals surface area contributed by atoms with Gasteiger partial charge in [0.25, 0.3) is 0 Å². The molecule has 0 aromatic rings. The Morgan fingerprint density at radius 3 is 1.31 bits per heavy atom. The van der Waals surface area contributed by atoms with Crippen LogP contribution in [0.25, 0.3) is 0 Å². The van der Waals surface area contributed by atoms with Gasteiger partial charge < -0.3 is 0 Å². The monoisotopic (exact) mass is 199 g/mol. The third-order valence-electron chi connectivity index (χ3n) is 3.01. The highest BCUT2D eigenvalue weighted by Gasteiger charge is 2.43. The summed E-state index contributed by atoms with van der Waals surface area (Å²) in [4.78, 5) is 10.5. The Morgan fingerprint density at radius 1 is 0.923 bits per heavy atom. The SMILES string of the molecule is CC(C)[Si](N=C=O)(C(C)C)C(C)C. The molecule has 0 fully saturated rings. The lowest BCUT2D eigenvalue weighted by atomic mass is 10.5. The first-order valence-electron chi connectivity index (χ1n) is 4.98. The normalized spacial score (nSPS) is 12.4. The highest BCUT2D eigenvalue weighted by atomic mass is 28.3. The first-order chi connectivity index (χ1) is 5.89. The van der Waals surface area contributed by atoms with Crippen molar-refractivity contribution in [1.82, 2.24) is 0 Å². The molecule has 0 bridgehead atoms.